The molecule has 0 bridgehead atoms. The number of carbonyl (C=O) groups is 1. The molecule has 5 rings (SSSR count). The van der Waals surface area contributed by atoms with E-state index in [1.54, 1.807) is 18.6 Å². The zero-order valence-electron chi connectivity index (χ0n) is 15.2. The highest BCUT2D eigenvalue weighted by Crippen LogP contribution is 2.25. The lowest BCUT2D eigenvalue weighted by molar-refractivity contribution is -0.132. The molecule has 1 aliphatic rings. The monoisotopic (exact) mass is 391 g/mol. The number of aromatic nitrogens is 6. The fraction of sp³-hybridized carbons (Fsp3) is 0.263. The predicted octanol–water partition coefficient (Wildman–Crippen LogP) is 2.24. The van der Waals surface area contributed by atoms with Crippen molar-refractivity contribution in [1.29, 1.82) is 0 Å². The summed E-state index contributed by atoms with van der Waals surface area (Å²) in [7, 11) is 0. The molecule has 140 valence electrons. The van der Waals surface area contributed by atoms with Gasteiger partial charge in [-0.1, -0.05) is 11.3 Å². The minimum atomic E-state index is 0.0649. The molecule has 4 aromatic heterocycles. The number of fused-ring (bicyclic) bond motifs is 2. The van der Waals surface area contributed by atoms with Crippen LogP contribution in [0.2, 0.25) is 0 Å². The second kappa shape index (κ2) is 6.75. The third-order valence-corrected chi connectivity index (χ3v) is 5.70. The number of amides is 1. The Labute approximate surface area is 164 Å². The van der Waals surface area contributed by atoms with Crippen molar-refractivity contribution in [1.82, 2.24) is 34.6 Å². The summed E-state index contributed by atoms with van der Waals surface area (Å²) in [5, 5.41) is 11.8. The van der Waals surface area contributed by atoms with Gasteiger partial charge < -0.3 is 9.47 Å². The first-order valence-corrected chi connectivity index (χ1v) is 9.80. The van der Waals surface area contributed by atoms with Gasteiger partial charge in [0.15, 0.2) is 5.01 Å². The van der Waals surface area contributed by atoms with Crippen molar-refractivity contribution in [2.24, 2.45) is 0 Å². The van der Waals surface area contributed by atoms with Crippen LogP contribution in [0.5, 0.6) is 0 Å². The van der Waals surface area contributed by atoms with Crippen molar-refractivity contribution in [2.45, 2.75) is 26.4 Å². The highest BCUT2D eigenvalue weighted by atomic mass is 32.1. The Bertz CT molecular complexity index is 1180. The Morgan fingerprint density at radius 1 is 1.11 bits per heavy atom. The van der Waals surface area contributed by atoms with Crippen LogP contribution in [0, 0.1) is 6.92 Å². The Kier molecular flexibility index (Phi) is 4.09. The average molecular weight is 391 g/mol. The zero-order chi connectivity index (χ0) is 19.1. The van der Waals surface area contributed by atoms with Crippen molar-refractivity contribution in [2.75, 3.05) is 6.54 Å². The maximum atomic E-state index is 12.7. The molecule has 0 aromatic carbocycles. The van der Waals surface area contributed by atoms with E-state index in [0.717, 1.165) is 44.5 Å². The van der Waals surface area contributed by atoms with E-state index in [2.05, 4.69) is 29.7 Å². The molecule has 0 saturated heterocycles. The van der Waals surface area contributed by atoms with Gasteiger partial charge in [0.1, 0.15) is 16.5 Å². The maximum absolute atomic E-state index is 12.7. The van der Waals surface area contributed by atoms with E-state index in [1.165, 1.54) is 11.3 Å². The number of hydrogen-bond donors (Lipinski definition) is 0. The van der Waals surface area contributed by atoms with Gasteiger partial charge in [-0.15, -0.1) is 10.2 Å². The van der Waals surface area contributed by atoms with Crippen LogP contribution in [-0.2, 0) is 24.3 Å². The number of aryl methyl sites for hydroxylation is 1. The summed E-state index contributed by atoms with van der Waals surface area (Å²) < 4.78 is 2.09. The van der Waals surface area contributed by atoms with Gasteiger partial charge in [-0.05, 0) is 24.4 Å². The van der Waals surface area contributed by atoms with Crippen LogP contribution in [0.4, 0.5) is 0 Å². The summed E-state index contributed by atoms with van der Waals surface area (Å²) in [4.78, 5) is 27.8. The van der Waals surface area contributed by atoms with Crippen LogP contribution >= 0.6 is 11.3 Å². The lowest BCUT2D eigenvalue weighted by Crippen LogP contribution is -2.39. The van der Waals surface area contributed by atoms with Gasteiger partial charge in [-0.2, -0.15) is 0 Å². The Hall–Kier alpha value is -3.20. The number of hydrogen-bond acceptors (Lipinski definition) is 7. The lowest BCUT2D eigenvalue weighted by atomic mass is 10.1. The fourth-order valence-electron chi connectivity index (χ4n) is 3.35. The maximum Gasteiger partial charge on any atom is 0.229 e. The standard InChI is InChI=1S/C19H17N7OS/c1-12-23-24-19(28-12)16-7-13-6-15(21-9-14(13)10-22-16)8-18(27)26-5-4-25-3-2-20-17(25)11-26/h2-3,6-7,9-10H,4-5,8,11H2,1H3. The number of pyridine rings is 2. The molecule has 5 heterocycles. The van der Waals surface area contributed by atoms with E-state index in [9.17, 15) is 4.79 Å². The Morgan fingerprint density at radius 2 is 2.00 bits per heavy atom. The quantitative estimate of drug-likeness (QED) is 0.532. The molecule has 9 heteroatoms. The minimum Gasteiger partial charge on any atom is -0.333 e. The normalized spacial score (nSPS) is 13.7. The Balaban J connectivity index is 1.38. The van der Waals surface area contributed by atoms with Gasteiger partial charge in [0.05, 0.1) is 18.7 Å². The first kappa shape index (κ1) is 16.9. The number of rotatable bonds is 3. The largest absolute Gasteiger partial charge is 0.333 e. The molecule has 4 aromatic rings. The van der Waals surface area contributed by atoms with Crippen LogP contribution in [0.3, 0.4) is 0 Å². The van der Waals surface area contributed by atoms with E-state index in [4.69, 9.17) is 0 Å². The summed E-state index contributed by atoms with van der Waals surface area (Å²) >= 11 is 1.51. The van der Waals surface area contributed by atoms with Crippen LogP contribution in [0.15, 0.2) is 36.9 Å². The number of carbonyl (C=O) groups excluding carboxylic acids is 1. The van der Waals surface area contributed by atoms with Gasteiger partial charge in [-0.3, -0.25) is 14.8 Å². The molecular weight excluding hydrogens is 374 g/mol. The van der Waals surface area contributed by atoms with Crippen LogP contribution in [-0.4, -0.2) is 47.1 Å². The highest BCUT2D eigenvalue weighted by molar-refractivity contribution is 7.14. The molecule has 0 atom stereocenters. The van der Waals surface area contributed by atoms with Crippen molar-refractivity contribution in [3.63, 3.8) is 0 Å². The van der Waals surface area contributed by atoms with Gasteiger partial charge >= 0.3 is 0 Å². The van der Waals surface area contributed by atoms with E-state index in [1.807, 2.05) is 30.2 Å². The fourth-order valence-corrected chi connectivity index (χ4v) is 4.01. The third-order valence-electron chi connectivity index (χ3n) is 4.83. The third kappa shape index (κ3) is 3.13. The smallest absolute Gasteiger partial charge is 0.229 e. The molecule has 8 nitrogen and oxygen atoms in total. The van der Waals surface area contributed by atoms with Crippen LogP contribution in [0.1, 0.15) is 16.5 Å². The van der Waals surface area contributed by atoms with Crippen LogP contribution in [0.25, 0.3) is 21.5 Å². The van der Waals surface area contributed by atoms with Crippen molar-refractivity contribution in [3.8, 4) is 10.7 Å². The molecule has 0 unspecified atom stereocenters. The van der Waals surface area contributed by atoms with E-state index in [-0.39, 0.29) is 12.3 Å². The average Bonchev–Trinajstić information content (AvgIpc) is 3.35. The van der Waals surface area contributed by atoms with E-state index in [0.29, 0.717) is 13.1 Å². The highest BCUT2D eigenvalue weighted by Gasteiger charge is 2.21. The molecule has 1 amide bonds. The first-order chi connectivity index (χ1) is 13.7. The molecule has 0 N–H and O–H groups in total. The second-order valence-corrected chi connectivity index (χ2v) is 7.93. The number of nitrogens with zero attached hydrogens (tertiary/aromatic N) is 7. The van der Waals surface area contributed by atoms with E-state index >= 15 is 0 Å². The minimum absolute atomic E-state index is 0.0649. The molecule has 0 spiro atoms. The molecule has 0 aliphatic carbocycles. The lowest BCUT2D eigenvalue weighted by Gasteiger charge is -2.27. The van der Waals surface area contributed by atoms with Gasteiger partial charge in [0.25, 0.3) is 0 Å². The van der Waals surface area contributed by atoms with Crippen molar-refractivity contribution >= 4 is 28.0 Å². The zero-order valence-corrected chi connectivity index (χ0v) is 16.1. The summed E-state index contributed by atoms with van der Waals surface area (Å²) in [6, 6.07) is 3.93. The second-order valence-electron chi connectivity index (χ2n) is 6.75. The van der Waals surface area contributed by atoms with Crippen molar-refractivity contribution in [3.05, 3.63) is 53.4 Å². The predicted molar refractivity (Wildman–Crippen MR) is 105 cm³/mol. The summed E-state index contributed by atoms with van der Waals surface area (Å²) in [5.74, 6) is 0.990. The summed E-state index contributed by atoms with van der Waals surface area (Å²) in [5.41, 5.74) is 1.53. The molecule has 28 heavy (non-hydrogen) atoms. The number of imidazole rings is 1. The van der Waals surface area contributed by atoms with Gasteiger partial charge in [0, 0.05) is 43.3 Å². The van der Waals surface area contributed by atoms with Crippen molar-refractivity contribution < 1.29 is 4.79 Å². The summed E-state index contributed by atoms with van der Waals surface area (Å²) in [6.45, 7) is 3.94. The first-order valence-electron chi connectivity index (χ1n) is 8.99. The summed E-state index contributed by atoms with van der Waals surface area (Å²) in [6.07, 6.45) is 7.55. The van der Waals surface area contributed by atoms with Crippen LogP contribution < -0.4 is 0 Å². The topological polar surface area (TPSA) is 89.7 Å². The SMILES string of the molecule is Cc1nnc(-c2cc3cc(CC(=O)N4CCn5ccnc5C4)ncc3cn2)s1. The van der Waals surface area contributed by atoms with Gasteiger partial charge in [0.2, 0.25) is 5.91 Å². The molecular formula is C19H17N7OS. The van der Waals surface area contributed by atoms with E-state index < -0.39 is 0 Å². The Morgan fingerprint density at radius 3 is 2.86 bits per heavy atom. The molecule has 1 aliphatic heterocycles. The molecule has 0 radical (unpaired) electrons. The van der Waals surface area contributed by atoms with Gasteiger partial charge in [-0.25, -0.2) is 4.98 Å². The molecule has 0 saturated carbocycles. The molecule has 0 fully saturated rings.